The van der Waals surface area contributed by atoms with Gasteiger partial charge in [-0.1, -0.05) is 36.4 Å². The summed E-state index contributed by atoms with van der Waals surface area (Å²) in [5.74, 6) is -2.51. The number of carboxylic acids is 1. The number of nitrogens with one attached hydrogen (secondary N) is 5. The Morgan fingerprint density at radius 3 is 1.44 bits per heavy atom. The molecule has 85 heavy (non-hydrogen) atoms. The van der Waals surface area contributed by atoms with E-state index in [0.29, 0.717) is 61.5 Å². The van der Waals surface area contributed by atoms with Gasteiger partial charge >= 0.3 is 5.97 Å². The van der Waals surface area contributed by atoms with Gasteiger partial charge in [0, 0.05) is 81.2 Å². The second-order valence-corrected chi connectivity index (χ2v) is 23.2. The van der Waals surface area contributed by atoms with Crippen molar-refractivity contribution >= 4 is 65.1 Å². The normalized spacial score (nSPS) is 12.0. The van der Waals surface area contributed by atoms with Crippen LogP contribution in [-0.4, -0.2) is 80.5 Å². The number of halogens is 4. The molecule has 17 nitrogen and oxygen atoms in total. The second kappa shape index (κ2) is 27.2. The largest absolute Gasteiger partial charge is 0.497 e. The number of nitrogens with zero attached hydrogens (tertiary/aromatic N) is 2. The second-order valence-electron chi connectivity index (χ2n) is 19.7. The Labute approximate surface area is 487 Å². The molecule has 0 fully saturated rings. The number of H-pyrrole nitrogens is 2. The lowest BCUT2D eigenvalue weighted by atomic mass is 9.95. The number of benzene rings is 6. The van der Waals surface area contributed by atoms with Crippen molar-refractivity contribution in [2.24, 2.45) is 5.73 Å². The van der Waals surface area contributed by atoms with Gasteiger partial charge in [-0.05, 0) is 143 Å². The Bertz CT molecular complexity index is 4200. The number of nitrogens with two attached hydrogens (primary N) is 1. The predicted octanol–water partition coefficient (Wildman–Crippen LogP) is 11.0. The zero-order valence-electron chi connectivity index (χ0n) is 46.2. The molecule has 2 atom stereocenters. The van der Waals surface area contributed by atoms with Crippen molar-refractivity contribution in [3.8, 4) is 33.8 Å². The van der Waals surface area contributed by atoms with Gasteiger partial charge in [0.05, 0.1) is 63.0 Å². The Balaban J connectivity index is 0.000000184. The molecule has 10 rings (SSSR count). The molecular weight excluding hydrogens is 1140 g/mol. The lowest BCUT2D eigenvalue weighted by Gasteiger charge is -2.22. The molecule has 0 spiro atoms. The van der Waals surface area contributed by atoms with E-state index in [0.717, 1.165) is 63.7 Å². The summed E-state index contributed by atoms with van der Waals surface area (Å²) in [7, 11) is -3.64. The summed E-state index contributed by atoms with van der Waals surface area (Å²) in [6.07, 6.45) is 8.91. The van der Waals surface area contributed by atoms with Gasteiger partial charge in [0.2, 0.25) is 26.0 Å². The van der Waals surface area contributed by atoms with Gasteiger partial charge in [-0.25, -0.2) is 34.4 Å². The summed E-state index contributed by atoms with van der Waals surface area (Å²) in [4.78, 5) is 39.2. The number of carboxylic acid groups (broad SMARTS) is 1. The van der Waals surface area contributed by atoms with Crippen LogP contribution in [0.4, 0.5) is 28.9 Å². The maximum Gasteiger partial charge on any atom is 0.307 e. The van der Waals surface area contributed by atoms with Crippen LogP contribution in [0.25, 0.3) is 44.1 Å². The van der Waals surface area contributed by atoms with Crippen molar-refractivity contribution in [2.45, 2.75) is 37.8 Å². The molecule has 0 aliphatic carbocycles. The minimum Gasteiger partial charge on any atom is -0.497 e. The Morgan fingerprint density at radius 1 is 0.576 bits per heavy atom. The minimum absolute atomic E-state index is 0.0406. The van der Waals surface area contributed by atoms with Crippen LogP contribution in [0.3, 0.4) is 0 Å². The first-order valence-corrected chi connectivity index (χ1v) is 29.8. The standard InChI is InChI=1S/C31H28F2N4O4S.C20H18F2N2O.C11H12N2O4S/c1-41-25-8-5-20(6-9-25)26-4-3-11-34-31(26)29(14-19-12-22(32)16-23(33)13-19)36-30(38)15-21-18-35-28-10-7-24(17-27(21)28)37-42(2,39)40;1-25-17-6-4-14(5-7-17)18-3-2-8-24-20(18)19(23)11-13-9-15(21)12-16(22)10-13;1-18(16,17)13-8-2-3-10-9(5-8)7(6-12-10)4-11(14)15/h3-13,16-18,29,35,37H,14-15H2,1-2H3,(H,36,38);2-10,12,19H,11,23H2,1H3;2-3,5-6,12-13H,4H2,1H3,(H,14,15)/t29-;19-;/m00./s1. The average Bonchev–Trinajstić information content (AvgIpc) is 3.71. The SMILES string of the molecule is COc1ccc(-c2cccnc2[C@@H](N)Cc2cc(F)cc(F)c2)cc1.COc1ccc(-c2cccnc2[C@H](Cc2cc(F)cc(F)c2)NC(=O)Cc2c[nH]c3ccc(NS(C)(=O)=O)cc23)cc1.CS(=O)(=O)Nc1ccc2[nH]cc(CC(=O)O)c2c1. The van der Waals surface area contributed by atoms with E-state index < -0.39 is 61.4 Å². The number of carbonyl (C=O) groups excluding carboxylic acids is 1. The molecule has 23 heteroatoms. The van der Waals surface area contributed by atoms with Gasteiger partial charge in [-0.15, -0.1) is 0 Å². The fourth-order valence-electron chi connectivity index (χ4n) is 9.48. The minimum atomic E-state index is -3.49. The number of rotatable bonds is 19. The fourth-order valence-corrected chi connectivity index (χ4v) is 10.6. The molecule has 0 aliphatic rings. The molecule has 0 saturated carbocycles. The van der Waals surface area contributed by atoms with E-state index >= 15 is 0 Å². The van der Waals surface area contributed by atoms with E-state index in [2.05, 4.69) is 34.7 Å². The van der Waals surface area contributed by atoms with Crippen molar-refractivity contribution in [3.63, 3.8) is 0 Å². The number of aliphatic carboxylic acids is 1. The summed E-state index contributed by atoms with van der Waals surface area (Å²) < 4.78 is 116. The van der Waals surface area contributed by atoms with Crippen molar-refractivity contribution in [2.75, 3.05) is 36.2 Å². The zero-order chi connectivity index (χ0) is 61.0. The molecule has 1 amide bonds. The molecule has 0 aliphatic heterocycles. The molecule has 0 unspecified atom stereocenters. The predicted molar refractivity (Wildman–Crippen MR) is 319 cm³/mol. The number of aromatic amines is 2. The third-order valence-corrected chi connectivity index (χ3v) is 14.3. The van der Waals surface area contributed by atoms with Gasteiger partial charge in [0.1, 0.15) is 34.8 Å². The number of aromatic nitrogens is 4. The van der Waals surface area contributed by atoms with Gasteiger partial charge < -0.3 is 35.6 Å². The molecule has 4 aromatic heterocycles. The van der Waals surface area contributed by atoms with Crippen LogP contribution in [0, 0.1) is 23.3 Å². The van der Waals surface area contributed by atoms with Crippen LogP contribution < -0.4 is 30.0 Å². The summed E-state index contributed by atoms with van der Waals surface area (Å²) in [5.41, 5.74) is 15.3. The van der Waals surface area contributed by atoms with E-state index in [9.17, 15) is 44.0 Å². The maximum atomic E-state index is 14.1. The van der Waals surface area contributed by atoms with Crippen LogP contribution in [0.1, 0.15) is 45.7 Å². The number of carbonyl (C=O) groups is 2. The number of amides is 1. The smallest absolute Gasteiger partial charge is 0.307 e. The number of fused-ring (bicyclic) bond motifs is 2. The van der Waals surface area contributed by atoms with E-state index in [4.69, 9.17) is 20.3 Å². The number of hydrogen-bond donors (Lipinski definition) is 7. The maximum absolute atomic E-state index is 14.1. The monoisotopic (exact) mass is 1200 g/mol. The highest BCUT2D eigenvalue weighted by Crippen LogP contribution is 2.33. The lowest BCUT2D eigenvalue weighted by molar-refractivity contribution is -0.136. The first kappa shape index (κ1) is 61.5. The number of methoxy groups -OCH3 is 2. The summed E-state index contributed by atoms with van der Waals surface area (Å²) >= 11 is 0. The van der Waals surface area contributed by atoms with Crippen LogP contribution in [0.2, 0.25) is 0 Å². The highest BCUT2D eigenvalue weighted by atomic mass is 32.2. The van der Waals surface area contributed by atoms with Crippen LogP contribution >= 0.6 is 0 Å². The lowest BCUT2D eigenvalue weighted by Crippen LogP contribution is -2.32. The highest BCUT2D eigenvalue weighted by molar-refractivity contribution is 7.92. The van der Waals surface area contributed by atoms with E-state index in [1.54, 1.807) is 81.5 Å². The van der Waals surface area contributed by atoms with Crippen LogP contribution in [-0.2, 0) is 55.3 Å². The van der Waals surface area contributed by atoms with Gasteiger partial charge in [-0.2, -0.15) is 0 Å². The van der Waals surface area contributed by atoms with Gasteiger partial charge in [0.15, 0.2) is 0 Å². The first-order valence-electron chi connectivity index (χ1n) is 26.0. The average molecular weight is 1200 g/mol. The molecule has 8 N–H and O–H groups in total. The molecule has 6 aromatic carbocycles. The Morgan fingerprint density at radius 2 is 1.00 bits per heavy atom. The van der Waals surface area contributed by atoms with Crippen LogP contribution in [0.5, 0.6) is 11.5 Å². The molecular formula is C62H58F4N8O9S2. The number of hydrogen-bond acceptors (Lipinski definition) is 11. The zero-order valence-corrected chi connectivity index (χ0v) is 47.8. The van der Waals surface area contributed by atoms with Gasteiger partial charge in [0.25, 0.3) is 0 Å². The molecule has 0 saturated heterocycles. The number of sulfonamides is 2. The summed E-state index contributed by atoms with van der Waals surface area (Å²) in [5, 5.41) is 13.2. The highest BCUT2D eigenvalue weighted by Gasteiger charge is 2.23. The van der Waals surface area contributed by atoms with Gasteiger partial charge in [-0.3, -0.25) is 29.0 Å². The van der Waals surface area contributed by atoms with Crippen molar-refractivity contribution in [1.82, 2.24) is 25.3 Å². The molecule has 4 heterocycles. The first-order chi connectivity index (χ1) is 40.5. The van der Waals surface area contributed by atoms with Crippen molar-refractivity contribution in [1.29, 1.82) is 0 Å². The summed E-state index contributed by atoms with van der Waals surface area (Å²) in [6.45, 7) is 0. The van der Waals surface area contributed by atoms with Crippen molar-refractivity contribution < 1.29 is 58.6 Å². The molecule has 440 valence electrons. The third kappa shape index (κ3) is 17.3. The van der Waals surface area contributed by atoms with Crippen LogP contribution in [0.15, 0.2) is 170 Å². The number of pyridine rings is 2. The third-order valence-electron chi connectivity index (χ3n) is 13.1. The van der Waals surface area contributed by atoms with Crippen molar-refractivity contribution in [3.05, 3.63) is 227 Å². The number of anilines is 2. The molecule has 10 aromatic rings. The quantitative estimate of drug-likeness (QED) is 0.0373. The Hall–Kier alpha value is -9.58. The number of ether oxygens (including phenoxy) is 2. The fraction of sp³-hybridized carbons (Fsp3) is 0.161. The van der Waals surface area contributed by atoms with E-state index in [-0.39, 0.29) is 31.6 Å². The molecule has 0 bridgehead atoms. The summed E-state index contributed by atoms with van der Waals surface area (Å²) in [6, 6.07) is 37.7. The topological polar surface area (TPSA) is 261 Å². The molecule has 0 radical (unpaired) electrons. The van der Waals surface area contributed by atoms with E-state index in [1.165, 1.54) is 24.3 Å². The Kier molecular flexibility index (Phi) is 19.7. The van der Waals surface area contributed by atoms with E-state index in [1.807, 2.05) is 66.7 Å².